The normalized spacial score (nSPS) is 21.2. The van der Waals surface area contributed by atoms with Gasteiger partial charge in [0.05, 0.1) is 7.11 Å². The van der Waals surface area contributed by atoms with Crippen molar-refractivity contribution in [3.63, 3.8) is 0 Å². The van der Waals surface area contributed by atoms with Crippen LogP contribution in [0.2, 0.25) is 4.34 Å². The molecule has 2 heterocycles. The van der Waals surface area contributed by atoms with Crippen LogP contribution in [0.5, 0.6) is 0 Å². The molecule has 0 spiro atoms. The summed E-state index contributed by atoms with van der Waals surface area (Å²) in [6.07, 6.45) is 1.83. The van der Waals surface area contributed by atoms with Crippen LogP contribution in [0.25, 0.3) is 0 Å². The minimum atomic E-state index is -0.184. The molecule has 7 heteroatoms. The minimum Gasteiger partial charge on any atom is -0.468 e. The van der Waals surface area contributed by atoms with Gasteiger partial charge >= 0.3 is 5.97 Å². The molecule has 5 nitrogen and oxygen atoms in total. The van der Waals surface area contributed by atoms with Gasteiger partial charge in [-0.25, -0.2) is 0 Å². The van der Waals surface area contributed by atoms with Gasteiger partial charge in [-0.2, -0.15) is 0 Å². The Morgan fingerprint density at radius 1 is 1.75 bits per heavy atom. The largest absolute Gasteiger partial charge is 0.468 e. The Balaban J connectivity index is 2.04. The van der Waals surface area contributed by atoms with E-state index in [0.717, 1.165) is 36.6 Å². The van der Waals surface area contributed by atoms with Crippen LogP contribution in [0.15, 0.2) is 0 Å². The maximum Gasteiger partial charge on any atom is 0.323 e. The first-order valence-electron chi connectivity index (χ1n) is 5.01. The third-order valence-corrected chi connectivity index (χ3v) is 3.68. The summed E-state index contributed by atoms with van der Waals surface area (Å²) >= 11 is 7.09. The second-order valence-electron chi connectivity index (χ2n) is 3.64. The molecular formula is C9H12ClN3O2S. The molecular weight excluding hydrogens is 250 g/mol. The summed E-state index contributed by atoms with van der Waals surface area (Å²) in [6, 6.07) is -0.164. The zero-order valence-corrected chi connectivity index (χ0v) is 10.4. The molecule has 88 valence electrons. The fourth-order valence-electron chi connectivity index (χ4n) is 1.90. The van der Waals surface area contributed by atoms with E-state index in [2.05, 4.69) is 9.59 Å². The Kier molecular flexibility index (Phi) is 3.73. The van der Waals surface area contributed by atoms with Crippen LogP contribution in [-0.4, -0.2) is 40.2 Å². The molecule has 2 rings (SSSR count). The molecule has 0 amide bonds. The van der Waals surface area contributed by atoms with E-state index in [0.29, 0.717) is 10.9 Å². The van der Waals surface area contributed by atoms with Crippen LogP contribution < -0.4 is 0 Å². The SMILES string of the molecule is COC(=O)C1CCCN1Cc1nnsc1Cl. The fourth-order valence-corrected chi connectivity index (χ4v) is 2.51. The summed E-state index contributed by atoms with van der Waals surface area (Å²) in [4.78, 5) is 13.5. The van der Waals surface area contributed by atoms with E-state index in [1.807, 2.05) is 4.90 Å². The first kappa shape index (κ1) is 11.8. The average molecular weight is 262 g/mol. The number of carbonyl (C=O) groups excluding carboxylic acids is 1. The monoisotopic (exact) mass is 261 g/mol. The van der Waals surface area contributed by atoms with Crippen molar-refractivity contribution in [2.24, 2.45) is 0 Å². The molecule has 1 aromatic heterocycles. The predicted molar refractivity (Wildman–Crippen MR) is 60.4 cm³/mol. The number of esters is 1. The average Bonchev–Trinajstić information content (AvgIpc) is 2.88. The first-order valence-corrected chi connectivity index (χ1v) is 6.16. The molecule has 1 fully saturated rings. The van der Waals surface area contributed by atoms with Gasteiger partial charge in [0.1, 0.15) is 16.1 Å². The molecule has 0 N–H and O–H groups in total. The highest BCUT2D eigenvalue weighted by atomic mass is 35.5. The summed E-state index contributed by atoms with van der Waals surface area (Å²) < 4.78 is 9.13. The Bertz CT molecular complexity index is 385. The second-order valence-corrected chi connectivity index (χ2v) is 5.00. The lowest BCUT2D eigenvalue weighted by Gasteiger charge is -2.20. The van der Waals surface area contributed by atoms with E-state index >= 15 is 0 Å². The number of carbonyl (C=O) groups is 1. The highest BCUT2D eigenvalue weighted by Crippen LogP contribution is 2.24. The molecule has 1 unspecified atom stereocenters. The Morgan fingerprint density at radius 3 is 3.19 bits per heavy atom. The highest BCUT2D eigenvalue weighted by molar-refractivity contribution is 7.10. The zero-order valence-electron chi connectivity index (χ0n) is 8.85. The van der Waals surface area contributed by atoms with Gasteiger partial charge in [0.2, 0.25) is 0 Å². The third kappa shape index (κ3) is 2.34. The lowest BCUT2D eigenvalue weighted by molar-refractivity contribution is -0.146. The lowest BCUT2D eigenvalue weighted by Crippen LogP contribution is -2.36. The Morgan fingerprint density at radius 2 is 2.56 bits per heavy atom. The van der Waals surface area contributed by atoms with Crippen molar-refractivity contribution >= 4 is 29.1 Å². The third-order valence-electron chi connectivity index (χ3n) is 2.70. The molecule has 1 atom stereocenters. The van der Waals surface area contributed by atoms with Crippen molar-refractivity contribution in [1.29, 1.82) is 0 Å². The van der Waals surface area contributed by atoms with Crippen molar-refractivity contribution in [1.82, 2.24) is 14.5 Å². The summed E-state index contributed by atoms with van der Waals surface area (Å²) in [7, 11) is 1.41. The number of ether oxygens (including phenoxy) is 1. The van der Waals surface area contributed by atoms with Gasteiger partial charge in [0, 0.05) is 18.1 Å². The lowest BCUT2D eigenvalue weighted by atomic mass is 10.2. The minimum absolute atomic E-state index is 0.164. The molecule has 1 aromatic rings. The number of hydrogen-bond donors (Lipinski definition) is 0. The molecule has 0 aliphatic carbocycles. The molecule has 16 heavy (non-hydrogen) atoms. The quantitative estimate of drug-likeness (QED) is 0.769. The van der Waals surface area contributed by atoms with Gasteiger partial charge in [-0.3, -0.25) is 9.69 Å². The Labute approximate surface area is 103 Å². The fraction of sp³-hybridized carbons (Fsp3) is 0.667. The standard InChI is InChI=1S/C9H12ClN3O2S/c1-15-9(14)7-3-2-4-13(7)5-6-8(10)16-12-11-6/h7H,2-5H2,1H3. The number of likely N-dealkylation sites (tertiary alicyclic amines) is 1. The molecule has 0 aromatic carbocycles. The van der Waals surface area contributed by atoms with Crippen LogP contribution in [0.4, 0.5) is 0 Å². The number of methoxy groups -OCH3 is 1. The highest BCUT2D eigenvalue weighted by Gasteiger charge is 2.32. The van der Waals surface area contributed by atoms with Crippen molar-refractivity contribution in [2.45, 2.75) is 25.4 Å². The summed E-state index contributed by atoms with van der Waals surface area (Å²) in [5, 5.41) is 3.94. The predicted octanol–water partition coefficient (Wildman–Crippen LogP) is 1.33. The van der Waals surface area contributed by atoms with Crippen LogP contribution in [0.1, 0.15) is 18.5 Å². The number of hydrogen-bond acceptors (Lipinski definition) is 6. The molecule has 0 radical (unpaired) electrons. The number of nitrogens with zero attached hydrogens (tertiary/aromatic N) is 3. The number of halogens is 1. The van der Waals surface area contributed by atoms with Gasteiger partial charge in [0.15, 0.2) is 0 Å². The Hall–Kier alpha value is -0.720. The number of rotatable bonds is 3. The molecule has 1 aliphatic rings. The van der Waals surface area contributed by atoms with E-state index in [1.165, 1.54) is 7.11 Å². The molecule has 0 bridgehead atoms. The van der Waals surface area contributed by atoms with E-state index in [-0.39, 0.29) is 12.0 Å². The first-order chi connectivity index (χ1) is 7.72. The smallest absolute Gasteiger partial charge is 0.323 e. The molecule has 1 aliphatic heterocycles. The van der Waals surface area contributed by atoms with Crippen molar-refractivity contribution in [3.8, 4) is 0 Å². The van der Waals surface area contributed by atoms with E-state index < -0.39 is 0 Å². The van der Waals surface area contributed by atoms with Crippen molar-refractivity contribution < 1.29 is 9.53 Å². The van der Waals surface area contributed by atoms with Gasteiger partial charge in [-0.15, -0.1) is 5.10 Å². The van der Waals surface area contributed by atoms with E-state index in [9.17, 15) is 4.79 Å². The van der Waals surface area contributed by atoms with Gasteiger partial charge in [0.25, 0.3) is 0 Å². The van der Waals surface area contributed by atoms with Crippen LogP contribution >= 0.6 is 23.1 Å². The maximum absolute atomic E-state index is 11.5. The van der Waals surface area contributed by atoms with E-state index in [1.54, 1.807) is 0 Å². The van der Waals surface area contributed by atoms with Crippen LogP contribution in [0, 0.1) is 0 Å². The maximum atomic E-state index is 11.5. The van der Waals surface area contributed by atoms with Crippen molar-refractivity contribution in [2.75, 3.05) is 13.7 Å². The summed E-state index contributed by atoms with van der Waals surface area (Å²) in [6.45, 7) is 1.43. The molecule has 0 saturated carbocycles. The summed E-state index contributed by atoms with van der Waals surface area (Å²) in [5.74, 6) is -0.184. The van der Waals surface area contributed by atoms with Crippen LogP contribution in [-0.2, 0) is 16.1 Å². The summed E-state index contributed by atoms with van der Waals surface area (Å²) in [5.41, 5.74) is 0.738. The van der Waals surface area contributed by atoms with Gasteiger partial charge in [-0.05, 0) is 19.4 Å². The number of aromatic nitrogens is 2. The zero-order chi connectivity index (χ0) is 11.5. The van der Waals surface area contributed by atoms with Gasteiger partial charge in [-0.1, -0.05) is 16.1 Å². The molecule has 1 saturated heterocycles. The van der Waals surface area contributed by atoms with Crippen molar-refractivity contribution in [3.05, 3.63) is 10.0 Å². The van der Waals surface area contributed by atoms with Gasteiger partial charge < -0.3 is 4.74 Å². The second kappa shape index (κ2) is 5.07. The topological polar surface area (TPSA) is 55.3 Å². The van der Waals surface area contributed by atoms with E-state index in [4.69, 9.17) is 16.3 Å². The van der Waals surface area contributed by atoms with Crippen LogP contribution in [0.3, 0.4) is 0 Å².